The molecule has 0 bridgehead atoms. The summed E-state index contributed by atoms with van der Waals surface area (Å²) in [6.07, 6.45) is 0. The number of carbonyl (C=O) groups excluding carboxylic acids is 2. The number of rotatable bonds is 5. The van der Waals surface area contributed by atoms with Crippen molar-refractivity contribution < 1.29 is 19.1 Å². The van der Waals surface area contributed by atoms with E-state index in [-0.39, 0.29) is 18.5 Å². The van der Waals surface area contributed by atoms with Crippen LogP contribution in [0.1, 0.15) is 29.7 Å². The van der Waals surface area contributed by atoms with Crippen LogP contribution in [-0.2, 0) is 4.79 Å². The Balaban J connectivity index is 1.49. The number of benzene rings is 2. The summed E-state index contributed by atoms with van der Waals surface area (Å²) in [7, 11) is 0. The van der Waals surface area contributed by atoms with E-state index in [2.05, 4.69) is 16.0 Å². The minimum atomic E-state index is -0.418. The Labute approximate surface area is 164 Å². The van der Waals surface area contributed by atoms with Gasteiger partial charge in [-0.25, -0.2) is 4.79 Å². The summed E-state index contributed by atoms with van der Waals surface area (Å²) in [6.45, 7) is 6.71. The fraction of sp³-hybridized carbons (Fsp3) is 0.333. The molecule has 7 heteroatoms. The lowest BCUT2D eigenvalue weighted by molar-refractivity contribution is -0.115. The van der Waals surface area contributed by atoms with E-state index in [1.165, 1.54) is 0 Å². The van der Waals surface area contributed by atoms with Gasteiger partial charge >= 0.3 is 6.03 Å². The third-order valence-electron chi connectivity index (χ3n) is 4.70. The highest BCUT2D eigenvalue weighted by atomic mass is 16.6. The van der Waals surface area contributed by atoms with Gasteiger partial charge in [-0.05, 0) is 55.7 Å². The molecule has 3 rings (SSSR count). The molecule has 2 aromatic rings. The highest BCUT2D eigenvalue weighted by Crippen LogP contribution is 2.32. The molecular formula is C21H25N3O4. The second kappa shape index (κ2) is 8.65. The van der Waals surface area contributed by atoms with Crippen molar-refractivity contribution in [2.45, 2.75) is 26.8 Å². The molecule has 1 heterocycles. The van der Waals surface area contributed by atoms with Gasteiger partial charge in [0, 0.05) is 5.69 Å². The van der Waals surface area contributed by atoms with Crippen LogP contribution in [0.2, 0.25) is 0 Å². The predicted molar refractivity (Wildman–Crippen MR) is 107 cm³/mol. The molecule has 1 aliphatic rings. The highest BCUT2D eigenvalue weighted by molar-refractivity contribution is 5.95. The van der Waals surface area contributed by atoms with Crippen molar-refractivity contribution in [3.8, 4) is 11.5 Å². The van der Waals surface area contributed by atoms with Crippen molar-refractivity contribution in [1.82, 2.24) is 10.6 Å². The van der Waals surface area contributed by atoms with Crippen LogP contribution in [-0.4, -0.2) is 31.7 Å². The summed E-state index contributed by atoms with van der Waals surface area (Å²) >= 11 is 0. The minimum Gasteiger partial charge on any atom is -0.486 e. The van der Waals surface area contributed by atoms with Crippen LogP contribution in [0.3, 0.4) is 0 Å². The van der Waals surface area contributed by atoms with Crippen molar-refractivity contribution >= 4 is 17.6 Å². The molecule has 0 spiro atoms. The topological polar surface area (TPSA) is 88.7 Å². The number of amides is 3. The second-order valence-corrected chi connectivity index (χ2v) is 6.75. The van der Waals surface area contributed by atoms with Crippen LogP contribution in [0.4, 0.5) is 10.5 Å². The fourth-order valence-electron chi connectivity index (χ4n) is 2.90. The van der Waals surface area contributed by atoms with Crippen LogP contribution >= 0.6 is 0 Å². The van der Waals surface area contributed by atoms with Crippen molar-refractivity contribution in [3.05, 3.63) is 53.1 Å². The van der Waals surface area contributed by atoms with Gasteiger partial charge in [-0.3, -0.25) is 4.79 Å². The normalized spacial score (nSPS) is 13.4. The zero-order valence-electron chi connectivity index (χ0n) is 16.3. The molecule has 1 aliphatic heterocycles. The van der Waals surface area contributed by atoms with Gasteiger partial charge in [-0.1, -0.05) is 18.2 Å². The number of hydrogen-bond donors (Lipinski definition) is 3. The summed E-state index contributed by atoms with van der Waals surface area (Å²) < 4.78 is 11.1. The molecule has 0 saturated heterocycles. The maximum absolute atomic E-state index is 12.1. The number of ether oxygens (including phenoxy) is 2. The van der Waals surface area contributed by atoms with Gasteiger partial charge < -0.3 is 25.4 Å². The SMILES string of the molecule is Cc1cccc(NC(=O)CNC(=O)N[C@H](C)c2ccc3c(c2)OCCO3)c1C. The largest absolute Gasteiger partial charge is 0.486 e. The first-order valence-electron chi connectivity index (χ1n) is 9.24. The summed E-state index contributed by atoms with van der Waals surface area (Å²) in [5.74, 6) is 1.09. The van der Waals surface area contributed by atoms with Crippen molar-refractivity contribution in [2.24, 2.45) is 0 Å². The van der Waals surface area contributed by atoms with E-state index in [1.54, 1.807) is 0 Å². The zero-order chi connectivity index (χ0) is 20.1. The van der Waals surface area contributed by atoms with Crippen LogP contribution in [0.15, 0.2) is 36.4 Å². The summed E-state index contributed by atoms with van der Waals surface area (Å²) in [4.78, 5) is 24.2. The Morgan fingerprint density at radius 2 is 1.82 bits per heavy atom. The van der Waals surface area contributed by atoms with E-state index in [4.69, 9.17) is 9.47 Å². The average Bonchev–Trinajstić information content (AvgIpc) is 2.69. The Morgan fingerprint density at radius 3 is 2.61 bits per heavy atom. The molecule has 0 unspecified atom stereocenters. The number of nitrogens with one attached hydrogen (secondary N) is 3. The molecule has 0 fully saturated rings. The van der Waals surface area contributed by atoms with E-state index >= 15 is 0 Å². The third kappa shape index (κ3) is 4.73. The van der Waals surface area contributed by atoms with E-state index in [9.17, 15) is 9.59 Å². The Bertz CT molecular complexity index is 882. The monoisotopic (exact) mass is 383 g/mol. The molecule has 28 heavy (non-hydrogen) atoms. The molecule has 2 aromatic carbocycles. The lowest BCUT2D eigenvalue weighted by Crippen LogP contribution is -2.41. The number of hydrogen-bond acceptors (Lipinski definition) is 4. The molecule has 148 valence electrons. The van der Waals surface area contributed by atoms with Gasteiger partial charge in [0.1, 0.15) is 13.2 Å². The van der Waals surface area contributed by atoms with Gasteiger partial charge in [0.15, 0.2) is 11.5 Å². The molecule has 0 saturated carbocycles. The Hall–Kier alpha value is -3.22. The smallest absolute Gasteiger partial charge is 0.315 e. The molecule has 0 aromatic heterocycles. The highest BCUT2D eigenvalue weighted by Gasteiger charge is 2.16. The van der Waals surface area contributed by atoms with Crippen molar-refractivity contribution in [2.75, 3.05) is 25.1 Å². The molecular weight excluding hydrogens is 358 g/mol. The van der Waals surface area contributed by atoms with Gasteiger partial charge in [-0.2, -0.15) is 0 Å². The summed E-state index contributed by atoms with van der Waals surface area (Å²) in [5.41, 5.74) is 3.74. The summed E-state index contributed by atoms with van der Waals surface area (Å²) in [6, 6.07) is 10.6. The Morgan fingerprint density at radius 1 is 1.07 bits per heavy atom. The molecule has 1 atom stereocenters. The number of carbonyl (C=O) groups is 2. The summed E-state index contributed by atoms with van der Waals surface area (Å²) in [5, 5.41) is 8.21. The molecule has 0 radical (unpaired) electrons. The first-order valence-corrected chi connectivity index (χ1v) is 9.24. The maximum Gasteiger partial charge on any atom is 0.315 e. The van der Waals surface area contributed by atoms with Gasteiger partial charge in [0.25, 0.3) is 0 Å². The van der Waals surface area contributed by atoms with Crippen LogP contribution in [0.25, 0.3) is 0 Å². The quantitative estimate of drug-likeness (QED) is 0.740. The van der Waals surface area contributed by atoms with Crippen LogP contribution < -0.4 is 25.4 Å². The predicted octanol–water partition coefficient (Wildman–Crippen LogP) is 3.07. The van der Waals surface area contributed by atoms with E-state index in [1.807, 2.05) is 57.2 Å². The second-order valence-electron chi connectivity index (χ2n) is 6.75. The zero-order valence-corrected chi connectivity index (χ0v) is 16.3. The van der Waals surface area contributed by atoms with E-state index < -0.39 is 6.03 Å². The van der Waals surface area contributed by atoms with E-state index in [0.717, 1.165) is 22.4 Å². The lowest BCUT2D eigenvalue weighted by Gasteiger charge is -2.21. The lowest BCUT2D eigenvalue weighted by atomic mass is 10.1. The molecule has 7 nitrogen and oxygen atoms in total. The van der Waals surface area contributed by atoms with Gasteiger partial charge in [0.2, 0.25) is 5.91 Å². The third-order valence-corrected chi connectivity index (χ3v) is 4.70. The molecule has 0 aliphatic carbocycles. The van der Waals surface area contributed by atoms with Crippen LogP contribution in [0.5, 0.6) is 11.5 Å². The number of aryl methyl sites for hydroxylation is 1. The standard InChI is InChI=1S/C21H25N3O4/c1-13-5-4-6-17(14(13)2)24-20(25)12-22-21(26)23-15(3)16-7-8-18-19(11-16)28-10-9-27-18/h4-8,11,15H,9-10,12H2,1-3H3,(H,24,25)(H2,22,23,26)/t15-/m1/s1. The maximum atomic E-state index is 12.1. The fourth-order valence-corrected chi connectivity index (χ4v) is 2.90. The number of anilines is 1. The molecule has 3 amide bonds. The van der Waals surface area contributed by atoms with Gasteiger partial charge in [-0.15, -0.1) is 0 Å². The Kier molecular flexibility index (Phi) is 6.03. The first-order chi connectivity index (χ1) is 13.4. The minimum absolute atomic E-state index is 0.118. The van der Waals surface area contributed by atoms with E-state index in [0.29, 0.717) is 24.7 Å². The average molecular weight is 383 g/mol. The van der Waals surface area contributed by atoms with Gasteiger partial charge in [0.05, 0.1) is 12.6 Å². The van der Waals surface area contributed by atoms with Crippen molar-refractivity contribution in [1.29, 1.82) is 0 Å². The van der Waals surface area contributed by atoms with Crippen molar-refractivity contribution in [3.63, 3.8) is 0 Å². The number of urea groups is 1. The van der Waals surface area contributed by atoms with Crippen LogP contribution in [0, 0.1) is 13.8 Å². The first kappa shape index (κ1) is 19.5. The molecule has 3 N–H and O–H groups in total. The number of fused-ring (bicyclic) bond motifs is 1.